The molecule has 6 heteroatoms. The van der Waals surface area contributed by atoms with Gasteiger partial charge in [0, 0.05) is 16.3 Å². The molecule has 0 saturated heterocycles. The van der Waals surface area contributed by atoms with Crippen LogP contribution in [0.15, 0.2) is 59.7 Å². The molecule has 2 aromatic carbocycles. The van der Waals surface area contributed by atoms with Gasteiger partial charge in [0.25, 0.3) is 5.91 Å². The number of fused-ring (bicyclic) bond motifs is 1. The molecule has 3 aromatic rings. The standard InChI is InChI=1S/C19H15ClN2O2S/c1-24-14-9-10-15-16(12-14)25-18(17(15)20)19(23)22-21-11-5-8-13-6-3-2-4-7-13/h2-12H,1H3,(H,22,23)/b8-5+,21-11-. The predicted octanol–water partition coefficient (Wildman–Crippen LogP) is 4.99. The number of allylic oxidation sites excluding steroid dienone is 1. The number of rotatable bonds is 5. The molecule has 0 bridgehead atoms. The van der Waals surface area contributed by atoms with Crippen LogP contribution in [-0.2, 0) is 0 Å². The molecule has 1 N–H and O–H groups in total. The number of carbonyl (C=O) groups excluding carboxylic acids is 1. The first kappa shape index (κ1) is 17.2. The van der Waals surface area contributed by atoms with Gasteiger partial charge < -0.3 is 4.74 Å². The molecule has 3 rings (SSSR count). The number of amides is 1. The van der Waals surface area contributed by atoms with E-state index in [1.165, 1.54) is 17.6 Å². The van der Waals surface area contributed by atoms with Crippen molar-refractivity contribution in [3.8, 4) is 5.75 Å². The first-order valence-electron chi connectivity index (χ1n) is 7.50. The van der Waals surface area contributed by atoms with Gasteiger partial charge in [0.1, 0.15) is 10.6 Å². The molecule has 0 aliphatic rings. The number of ether oxygens (including phenoxy) is 1. The summed E-state index contributed by atoms with van der Waals surface area (Å²) in [6.45, 7) is 0. The Bertz CT molecular complexity index is 949. The van der Waals surface area contributed by atoms with Crippen molar-refractivity contribution in [2.75, 3.05) is 7.11 Å². The van der Waals surface area contributed by atoms with Crippen molar-refractivity contribution < 1.29 is 9.53 Å². The number of nitrogens with one attached hydrogen (secondary N) is 1. The summed E-state index contributed by atoms with van der Waals surface area (Å²) >= 11 is 7.62. The Balaban J connectivity index is 1.69. The van der Waals surface area contributed by atoms with Gasteiger partial charge in [-0.2, -0.15) is 5.10 Å². The predicted molar refractivity (Wildman–Crippen MR) is 105 cm³/mol. The summed E-state index contributed by atoms with van der Waals surface area (Å²) in [5, 5.41) is 5.17. The van der Waals surface area contributed by atoms with E-state index in [0.717, 1.165) is 21.4 Å². The lowest BCUT2D eigenvalue weighted by molar-refractivity contribution is 0.0959. The normalized spacial score (nSPS) is 11.4. The van der Waals surface area contributed by atoms with Crippen molar-refractivity contribution in [1.29, 1.82) is 0 Å². The lowest BCUT2D eigenvalue weighted by atomic mass is 10.2. The summed E-state index contributed by atoms with van der Waals surface area (Å²) in [7, 11) is 1.60. The number of hydrazone groups is 1. The van der Waals surface area contributed by atoms with Crippen LogP contribution in [0.3, 0.4) is 0 Å². The maximum absolute atomic E-state index is 12.3. The minimum absolute atomic E-state index is 0.338. The zero-order valence-electron chi connectivity index (χ0n) is 13.4. The van der Waals surface area contributed by atoms with Gasteiger partial charge in [0.2, 0.25) is 0 Å². The average Bonchev–Trinajstić information content (AvgIpc) is 2.98. The third kappa shape index (κ3) is 4.07. The maximum atomic E-state index is 12.3. The second kappa shape index (κ2) is 7.96. The number of methoxy groups -OCH3 is 1. The molecule has 0 atom stereocenters. The van der Waals surface area contributed by atoms with E-state index in [-0.39, 0.29) is 5.91 Å². The molecule has 25 heavy (non-hydrogen) atoms. The summed E-state index contributed by atoms with van der Waals surface area (Å²) in [5.74, 6) is 0.385. The molecule has 0 unspecified atom stereocenters. The third-order valence-electron chi connectivity index (χ3n) is 3.46. The van der Waals surface area contributed by atoms with Gasteiger partial charge in [0.05, 0.1) is 12.1 Å². The highest BCUT2D eigenvalue weighted by atomic mass is 35.5. The Kier molecular flexibility index (Phi) is 5.48. The highest BCUT2D eigenvalue weighted by Crippen LogP contribution is 2.37. The van der Waals surface area contributed by atoms with Crippen LogP contribution < -0.4 is 10.2 Å². The quantitative estimate of drug-likeness (QED) is 0.508. The van der Waals surface area contributed by atoms with Crippen LogP contribution in [0.1, 0.15) is 15.2 Å². The maximum Gasteiger partial charge on any atom is 0.283 e. The van der Waals surface area contributed by atoms with Gasteiger partial charge in [-0.1, -0.05) is 48.0 Å². The van der Waals surface area contributed by atoms with E-state index in [1.807, 2.05) is 54.6 Å². The molecule has 0 aliphatic heterocycles. The Morgan fingerprint density at radius 1 is 1.24 bits per heavy atom. The molecule has 1 heterocycles. The SMILES string of the molecule is COc1ccc2c(Cl)c(C(=O)N/N=C\C=C\c3ccccc3)sc2c1. The van der Waals surface area contributed by atoms with Crippen LogP contribution in [0, 0.1) is 0 Å². The number of thiophene rings is 1. The monoisotopic (exact) mass is 370 g/mol. The van der Waals surface area contributed by atoms with Crippen LogP contribution in [-0.4, -0.2) is 19.2 Å². The number of hydrogen-bond donors (Lipinski definition) is 1. The topological polar surface area (TPSA) is 50.7 Å². The zero-order valence-corrected chi connectivity index (χ0v) is 15.0. The third-order valence-corrected chi connectivity index (χ3v) is 5.11. The molecule has 0 fully saturated rings. The lowest BCUT2D eigenvalue weighted by Gasteiger charge is -1.98. The molecule has 126 valence electrons. The van der Waals surface area contributed by atoms with Crippen LogP contribution in [0.5, 0.6) is 5.75 Å². The summed E-state index contributed by atoms with van der Waals surface area (Å²) in [6, 6.07) is 15.3. The van der Waals surface area contributed by atoms with Crippen molar-refractivity contribution in [3.63, 3.8) is 0 Å². The smallest absolute Gasteiger partial charge is 0.283 e. The first-order chi connectivity index (χ1) is 12.2. The van der Waals surface area contributed by atoms with E-state index >= 15 is 0 Å². The van der Waals surface area contributed by atoms with Gasteiger partial charge in [-0.05, 0) is 29.8 Å². The van der Waals surface area contributed by atoms with Gasteiger partial charge >= 0.3 is 0 Å². The molecule has 0 radical (unpaired) electrons. The van der Waals surface area contributed by atoms with E-state index in [9.17, 15) is 4.79 Å². The molecule has 0 spiro atoms. The van der Waals surface area contributed by atoms with Crippen molar-refractivity contribution in [3.05, 3.63) is 70.1 Å². The lowest BCUT2D eigenvalue weighted by Crippen LogP contribution is -2.16. The van der Waals surface area contributed by atoms with E-state index < -0.39 is 0 Å². The van der Waals surface area contributed by atoms with Gasteiger partial charge in [-0.25, -0.2) is 5.43 Å². The highest BCUT2D eigenvalue weighted by Gasteiger charge is 2.17. The van der Waals surface area contributed by atoms with Crippen LogP contribution in [0.4, 0.5) is 0 Å². The van der Waals surface area contributed by atoms with E-state index in [2.05, 4.69) is 10.5 Å². The van der Waals surface area contributed by atoms with Crippen LogP contribution in [0.2, 0.25) is 5.02 Å². The number of benzene rings is 2. The van der Waals surface area contributed by atoms with Gasteiger partial charge in [-0.3, -0.25) is 4.79 Å². The second-order valence-corrected chi connectivity index (χ2v) is 6.53. The van der Waals surface area contributed by atoms with Gasteiger partial charge in [-0.15, -0.1) is 11.3 Å². The molecule has 1 aromatic heterocycles. The zero-order chi connectivity index (χ0) is 17.6. The van der Waals surface area contributed by atoms with Crippen molar-refractivity contribution in [2.45, 2.75) is 0 Å². The van der Waals surface area contributed by atoms with Crippen LogP contribution in [0.25, 0.3) is 16.2 Å². The van der Waals surface area contributed by atoms with Gasteiger partial charge in [0.15, 0.2) is 0 Å². The Morgan fingerprint density at radius 2 is 2.04 bits per heavy atom. The van der Waals surface area contributed by atoms with E-state index in [1.54, 1.807) is 13.2 Å². The highest BCUT2D eigenvalue weighted by molar-refractivity contribution is 7.21. The molecule has 0 aliphatic carbocycles. The fourth-order valence-corrected chi connectivity index (χ4v) is 3.66. The average molecular weight is 371 g/mol. The summed E-state index contributed by atoms with van der Waals surface area (Å²) in [5.41, 5.74) is 3.55. The fourth-order valence-electron chi connectivity index (χ4n) is 2.23. The summed E-state index contributed by atoms with van der Waals surface area (Å²) < 4.78 is 6.08. The Labute approximate surface area is 154 Å². The Hall–Kier alpha value is -2.63. The fraction of sp³-hybridized carbons (Fsp3) is 0.0526. The molecular weight excluding hydrogens is 356 g/mol. The number of hydrogen-bond acceptors (Lipinski definition) is 4. The van der Waals surface area contributed by atoms with Crippen LogP contribution >= 0.6 is 22.9 Å². The second-order valence-electron chi connectivity index (χ2n) is 5.10. The van der Waals surface area contributed by atoms with Crippen molar-refractivity contribution >= 4 is 51.2 Å². The largest absolute Gasteiger partial charge is 0.497 e. The summed E-state index contributed by atoms with van der Waals surface area (Å²) in [4.78, 5) is 12.7. The number of halogens is 1. The Morgan fingerprint density at radius 3 is 2.80 bits per heavy atom. The minimum Gasteiger partial charge on any atom is -0.497 e. The molecule has 4 nitrogen and oxygen atoms in total. The first-order valence-corrected chi connectivity index (χ1v) is 8.69. The van der Waals surface area contributed by atoms with E-state index in [4.69, 9.17) is 16.3 Å². The van der Waals surface area contributed by atoms with E-state index in [0.29, 0.717) is 9.90 Å². The molecule has 0 saturated carbocycles. The number of nitrogens with zero attached hydrogens (tertiary/aromatic N) is 1. The molecule has 1 amide bonds. The molecular formula is C19H15ClN2O2S. The van der Waals surface area contributed by atoms with Crippen molar-refractivity contribution in [2.24, 2.45) is 5.10 Å². The number of carbonyl (C=O) groups is 1. The summed E-state index contributed by atoms with van der Waals surface area (Å²) in [6.07, 6.45) is 5.18. The van der Waals surface area contributed by atoms with Crippen molar-refractivity contribution in [1.82, 2.24) is 5.43 Å². The minimum atomic E-state index is -0.338.